The van der Waals surface area contributed by atoms with Crippen molar-refractivity contribution in [3.05, 3.63) is 93.5 Å². The van der Waals surface area contributed by atoms with Gasteiger partial charge >= 0.3 is 5.97 Å². The third kappa shape index (κ3) is 4.51. The second-order valence-corrected chi connectivity index (χ2v) is 14.5. The van der Waals surface area contributed by atoms with E-state index in [4.69, 9.17) is 32.9 Å². The number of hydrogen-bond acceptors (Lipinski definition) is 5. The van der Waals surface area contributed by atoms with Crippen molar-refractivity contribution in [2.45, 2.75) is 74.4 Å². The topological polar surface area (TPSA) is 76.5 Å². The first-order valence-electron chi connectivity index (χ1n) is 16.0. The number of likely N-dealkylation sites (tertiary alicyclic amines) is 1. The van der Waals surface area contributed by atoms with Crippen molar-refractivity contribution >= 4 is 51.8 Å². The smallest absolute Gasteiger partial charge is 0.316 e. The van der Waals surface area contributed by atoms with Crippen LogP contribution in [0.4, 0.5) is 10.1 Å². The standard InChI is InChI=1S/C36H35Cl2FN4O3/c1-35(33(44)40-23-6-3-5-22(37)18-23)30(24-7-4-8-25(38)31(24)39)29-28(43(35)19-20-9-10-20)13-16-42-27-12-11-21(17-26(27)41-32(29)42)36(14-15-36)34(45)46-2/h3-8,11-12,17-18,20,28-30H,9-10,13-16,19H2,1-2H3,(H,40,44)/t28-,29+,30-,35+/m0/s1. The number of anilines is 1. The third-order valence-electron chi connectivity index (χ3n) is 11.0. The van der Waals surface area contributed by atoms with Crippen molar-refractivity contribution in [2.24, 2.45) is 5.92 Å². The van der Waals surface area contributed by atoms with E-state index in [1.54, 1.807) is 36.4 Å². The molecule has 238 valence electrons. The number of imidazole rings is 1. The van der Waals surface area contributed by atoms with Gasteiger partial charge in [-0.2, -0.15) is 0 Å². The van der Waals surface area contributed by atoms with E-state index in [9.17, 15) is 9.59 Å². The number of halogens is 3. The van der Waals surface area contributed by atoms with E-state index in [0.29, 0.717) is 28.7 Å². The molecule has 2 saturated carbocycles. The highest BCUT2D eigenvalue weighted by Gasteiger charge is 2.63. The minimum Gasteiger partial charge on any atom is -0.468 e. The number of hydrogen-bond donors (Lipinski definition) is 1. The number of carbonyl (C=O) groups excluding carboxylic acids is 2. The van der Waals surface area contributed by atoms with Gasteiger partial charge in [0.2, 0.25) is 5.91 Å². The molecule has 3 fully saturated rings. The first-order valence-corrected chi connectivity index (χ1v) is 16.8. The highest BCUT2D eigenvalue weighted by Crippen LogP contribution is 2.58. The summed E-state index contributed by atoms with van der Waals surface area (Å²) in [5.41, 5.74) is 1.91. The van der Waals surface area contributed by atoms with Crippen LogP contribution in [0.1, 0.15) is 67.8 Å². The minimum absolute atomic E-state index is 0.0267. The minimum atomic E-state index is -1.13. The molecule has 2 aliphatic carbocycles. The lowest BCUT2D eigenvalue weighted by Crippen LogP contribution is -2.56. The van der Waals surface area contributed by atoms with Crippen molar-refractivity contribution < 1.29 is 18.7 Å². The van der Waals surface area contributed by atoms with Gasteiger partial charge in [-0.05, 0) is 92.5 Å². The second kappa shape index (κ2) is 10.8. The molecule has 1 saturated heterocycles. The predicted octanol–water partition coefficient (Wildman–Crippen LogP) is 7.45. The van der Waals surface area contributed by atoms with E-state index in [1.165, 1.54) is 7.11 Å². The Morgan fingerprint density at radius 3 is 2.57 bits per heavy atom. The molecule has 1 N–H and O–H groups in total. The van der Waals surface area contributed by atoms with Crippen LogP contribution >= 0.6 is 23.2 Å². The van der Waals surface area contributed by atoms with E-state index in [-0.39, 0.29) is 28.9 Å². The SMILES string of the molecule is COC(=O)C1(c2ccc3c(c2)nc2n3CC[C@H]3[C@@H]2[C@H](c2cccc(Cl)c2F)[C@](C)(C(=O)Nc2cccc(Cl)c2)N3CC2CC2)CC1. The molecular formula is C36H35Cl2FN4O3. The summed E-state index contributed by atoms with van der Waals surface area (Å²) in [5.74, 6) is -0.509. The van der Waals surface area contributed by atoms with Crippen molar-refractivity contribution in [1.29, 1.82) is 0 Å². The summed E-state index contributed by atoms with van der Waals surface area (Å²) in [6.45, 7) is 3.41. The molecule has 0 spiro atoms. The van der Waals surface area contributed by atoms with Crippen LogP contribution in [0.5, 0.6) is 0 Å². The summed E-state index contributed by atoms with van der Waals surface area (Å²) in [5, 5.41) is 3.68. The van der Waals surface area contributed by atoms with E-state index in [1.807, 2.05) is 31.2 Å². The van der Waals surface area contributed by atoms with E-state index >= 15 is 4.39 Å². The molecule has 10 heteroatoms. The molecule has 2 aliphatic heterocycles. The molecule has 0 radical (unpaired) electrons. The Balaban J connectivity index is 1.30. The number of carbonyl (C=O) groups is 2. The van der Waals surface area contributed by atoms with Gasteiger partial charge in [0.05, 0.1) is 28.6 Å². The van der Waals surface area contributed by atoms with Gasteiger partial charge < -0.3 is 14.6 Å². The van der Waals surface area contributed by atoms with Gasteiger partial charge in [0.25, 0.3) is 0 Å². The summed E-state index contributed by atoms with van der Waals surface area (Å²) in [6, 6.07) is 18.2. The zero-order valence-electron chi connectivity index (χ0n) is 25.7. The molecule has 3 heterocycles. The van der Waals surface area contributed by atoms with Crippen molar-refractivity contribution in [1.82, 2.24) is 14.5 Å². The van der Waals surface area contributed by atoms with Crippen LogP contribution in [0.15, 0.2) is 60.7 Å². The molecule has 3 aromatic carbocycles. The maximum atomic E-state index is 16.2. The van der Waals surface area contributed by atoms with Gasteiger partial charge in [0.1, 0.15) is 17.2 Å². The summed E-state index contributed by atoms with van der Waals surface area (Å²) in [6.07, 6.45) is 4.49. The monoisotopic (exact) mass is 660 g/mol. The molecular weight excluding hydrogens is 626 g/mol. The Morgan fingerprint density at radius 2 is 1.85 bits per heavy atom. The number of aryl methyl sites for hydroxylation is 1. The number of esters is 1. The Bertz CT molecular complexity index is 1900. The zero-order valence-corrected chi connectivity index (χ0v) is 27.2. The van der Waals surface area contributed by atoms with Crippen molar-refractivity contribution in [3.8, 4) is 0 Å². The number of methoxy groups -OCH3 is 1. The normalized spacial score (nSPS) is 26.4. The summed E-state index contributed by atoms with van der Waals surface area (Å²) in [4.78, 5) is 35.0. The maximum absolute atomic E-state index is 16.2. The molecule has 0 bridgehead atoms. The fourth-order valence-corrected chi connectivity index (χ4v) is 8.70. The predicted molar refractivity (Wildman–Crippen MR) is 176 cm³/mol. The average Bonchev–Trinajstić information content (AvgIpc) is 3.98. The molecule has 8 rings (SSSR count). The van der Waals surface area contributed by atoms with Crippen LogP contribution in [0.25, 0.3) is 11.0 Å². The van der Waals surface area contributed by atoms with E-state index in [2.05, 4.69) is 14.8 Å². The number of amides is 1. The molecule has 1 aromatic heterocycles. The second-order valence-electron chi connectivity index (χ2n) is 13.6. The lowest BCUT2D eigenvalue weighted by Gasteiger charge is -2.40. The van der Waals surface area contributed by atoms with E-state index in [0.717, 1.165) is 61.1 Å². The molecule has 46 heavy (non-hydrogen) atoms. The number of aromatic nitrogens is 2. The van der Waals surface area contributed by atoms with E-state index < -0.39 is 22.7 Å². The number of nitrogens with one attached hydrogen (secondary N) is 1. The number of benzene rings is 3. The highest BCUT2D eigenvalue weighted by molar-refractivity contribution is 6.31. The molecule has 0 unspecified atom stereocenters. The van der Waals surface area contributed by atoms with Gasteiger partial charge in [0, 0.05) is 41.7 Å². The first kappa shape index (κ1) is 29.9. The third-order valence-corrected chi connectivity index (χ3v) is 11.5. The van der Waals surface area contributed by atoms with Crippen molar-refractivity contribution in [3.63, 3.8) is 0 Å². The Kier molecular flexibility index (Phi) is 7.02. The van der Waals surface area contributed by atoms with Crippen molar-refractivity contribution in [2.75, 3.05) is 19.0 Å². The Hall–Kier alpha value is -3.46. The largest absolute Gasteiger partial charge is 0.468 e. The van der Waals surface area contributed by atoms with Crippen LogP contribution in [-0.2, 0) is 26.3 Å². The maximum Gasteiger partial charge on any atom is 0.316 e. The first-order chi connectivity index (χ1) is 22.2. The lowest BCUT2D eigenvalue weighted by molar-refractivity contribution is -0.143. The summed E-state index contributed by atoms with van der Waals surface area (Å²) in [7, 11) is 1.43. The van der Waals surface area contributed by atoms with Gasteiger partial charge in [0.15, 0.2) is 0 Å². The van der Waals surface area contributed by atoms with Crippen LogP contribution in [-0.4, -0.2) is 51.6 Å². The van der Waals surface area contributed by atoms with Gasteiger partial charge in [-0.3, -0.25) is 14.5 Å². The lowest BCUT2D eigenvalue weighted by atomic mass is 9.73. The van der Waals surface area contributed by atoms with Crippen LogP contribution in [0.2, 0.25) is 10.0 Å². The number of nitrogens with zero attached hydrogens (tertiary/aromatic N) is 3. The molecule has 1 amide bonds. The van der Waals surface area contributed by atoms with Crippen LogP contribution in [0, 0.1) is 11.7 Å². The summed E-state index contributed by atoms with van der Waals surface area (Å²) >= 11 is 12.7. The fourth-order valence-electron chi connectivity index (χ4n) is 8.33. The molecule has 7 nitrogen and oxygen atoms in total. The van der Waals surface area contributed by atoms with Gasteiger partial charge in [-0.1, -0.05) is 47.5 Å². The molecule has 4 atom stereocenters. The highest BCUT2D eigenvalue weighted by atomic mass is 35.5. The fraction of sp³-hybridized carbons (Fsp3) is 0.417. The Morgan fingerprint density at radius 1 is 1.07 bits per heavy atom. The molecule has 4 aliphatic rings. The van der Waals surface area contributed by atoms with Crippen LogP contribution in [0.3, 0.4) is 0 Å². The average molecular weight is 662 g/mol. The number of fused-ring (bicyclic) bond motifs is 5. The zero-order chi connectivity index (χ0) is 32.0. The molecule has 4 aromatic rings. The van der Waals surface area contributed by atoms with Gasteiger partial charge in [-0.25, -0.2) is 9.37 Å². The Labute approximate surface area is 277 Å². The summed E-state index contributed by atoms with van der Waals surface area (Å²) < 4.78 is 23.6. The number of rotatable bonds is 7. The number of ether oxygens (including phenoxy) is 1. The van der Waals surface area contributed by atoms with Crippen LogP contribution < -0.4 is 5.32 Å². The van der Waals surface area contributed by atoms with Gasteiger partial charge in [-0.15, -0.1) is 0 Å². The quantitative estimate of drug-likeness (QED) is 0.208.